The molecule has 0 aromatic heterocycles. The minimum atomic E-state index is 0.538. The van der Waals surface area contributed by atoms with Crippen molar-refractivity contribution < 1.29 is 0 Å². The van der Waals surface area contributed by atoms with Crippen molar-refractivity contribution in [2.24, 2.45) is 16.6 Å². The van der Waals surface area contributed by atoms with Crippen LogP contribution in [0.25, 0.3) is 0 Å². The lowest BCUT2D eigenvalue weighted by Crippen LogP contribution is -2.35. The fraction of sp³-hybridized carbons (Fsp3) is 0.769. The van der Waals surface area contributed by atoms with Crippen molar-refractivity contribution in [2.75, 3.05) is 0 Å². The number of nitrogens with two attached hydrogens (primary N) is 1. The number of dihydropyridines is 1. The first-order valence-corrected chi connectivity index (χ1v) is 6.42. The SMILES string of the molecule is NC1=C2CCCCC2=N[C@H]2CCCC[C@@H]12. The van der Waals surface area contributed by atoms with Crippen molar-refractivity contribution in [1.29, 1.82) is 0 Å². The first-order valence-electron chi connectivity index (χ1n) is 6.42. The molecule has 82 valence electrons. The lowest BCUT2D eigenvalue weighted by molar-refractivity contribution is 0.339. The van der Waals surface area contributed by atoms with Crippen LogP contribution in [0, 0.1) is 5.92 Å². The molecular weight excluding hydrogens is 184 g/mol. The fourth-order valence-corrected chi connectivity index (χ4v) is 3.40. The number of hydrogen-bond acceptors (Lipinski definition) is 2. The molecule has 1 heterocycles. The summed E-state index contributed by atoms with van der Waals surface area (Å²) in [6.45, 7) is 0. The molecule has 2 fully saturated rings. The normalized spacial score (nSPS) is 35.6. The summed E-state index contributed by atoms with van der Waals surface area (Å²) in [6, 6.07) is 0.538. The van der Waals surface area contributed by atoms with Crippen molar-refractivity contribution in [1.82, 2.24) is 0 Å². The average Bonchev–Trinajstić information content (AvgIpc) is 2.30. The molecule has 0 unspecified atom stereocenters. The fourth-order valence-electron chi connectivity index (χ4n) is 3.40. The molecule has 2 nitrogen and oxygen atoms in total. The van der Waals surface area contributed by atoms with Gasteiger partial charge >= 0.3 is 0 Å². The van der Waals surface area contributed by atoms with Crippen LogP contribution in [-0.4, -0.2) is 11.8 Å². The van der Waals surface area contributed by atoms with Gasteiger partial charge in [0.05, 0.1) is 6.04 Å². The molecule has 0 amide bonds. The van der Waals surface area contributed by atoms with Crippen LogP contribution < -0.4 is 5.73 Å². The second-order valence-electron chi connectivity index (χ2n) is 5.18. The topological polar surface area (TPSA) is 38.4 Å². The molecule has 1 aliphatic heterocycles. The number of aliphatic imine (C=N–C) groups is 1. The number of rotatable bonds is 0. The maximum absolute atomic E-state index is 6.34. The van der Waals surface area contributed by atoms with E-state index in [4.69, 9.17) is 10.7 Å². The minimum absolute atomic E-state index is 0.538. The van der Waals surface area contributed by atoms with E-state index in [-0.39, 0.29) is 0 Å². The van der Waals surface area contributed by atoms with Gasteiger partial charge in [-0.3, -0.25) is 4.99 Å². The summed E-state index contributed by atoms with van der Waals surface area (Å²) in [5.74, 6) is 0.593. The quantitative estimate of drug-likeness (QED) is 0.647. The summed E-state index contributed by atoms with van der Waals surface area (Å²) in [6.07, 6.45) is 10.2. The van der Waals surface area contributed by atoms with Crippen LogP contribution >= 0.6 is 0 Å². The smallest absolute Gasteiger partial charge is 0.0585 e. The van der Waals surface area contributed by atoms with E-state index >= 15 is 0 Å². The second-order valence-corrected chi connectivity index (χ2v) is 5.18. The second kappa shape index (κ2) is 3.66. The highest BCUT2D eigenvalue weighted by Gasteiger charge is 2.33. The van der Waals surface area contributed by atoms with Crippen LogP contribution in [0.4, 0.5) is 0 Å². The maximum atomic E-state index is 6.34. The molecule has 2 aliphatic carbocycles. The Bertz CT molecular complexity index is 327. The van der Waals surface area contributed by atoms with Crippen molar-refractivity contribution in [3.8, 4) is 0 Å². The van der Waals surface area contributed by atoms with E-state index < -0.39 is 0 Å². The average molecular weight is 204 g/mol. The highest BCUT2D eigenvalue weighted by atomic mass is 14.9. The Balaban J connectivity index is 1.95. The third kappa shape index (κ3) is 1.51. The number of fused-ring (bicyclic) bond motifs is 2. The molecule has 0 radical (unpaired) electrons. The Labute approximate surface area is 91.6 Å². The van der Waals surface area contributed by atoms with Crippen LogP contribution in [-0.2, 0) is 0 Å². The third-order valence-corrected chi connectivity index (χ3v) is 4.24. The zero-order valence-electron chi connectivity index (χ0n) is 9.34. The van der Waals surface area contributed by atoms with E-state index in [1.807, 2.05) is 0 Å². The number of hydrogen-bond donors (Lipinski definition) is 1. The monoisotopic (exact) mass is 204 g/mol. The van der Waals surface area contributed by atoms with Crippen LogP contribution in [0.1, 0.15) is 51.4 Å². The zero-order chi connectivity index (χ0) is 10.3. The van der Waals surface area contributed by atoms with Gasteiger partial charge in [-0.05, 0) is 44.1 Å². The van der Waals surface area contributed by atoms with Crippen LogP contribution in [0.3, 0.4) is 0 Å². The van der Waals surface area contributed by atoms with E-state index in [2.05, 4.69) is 0 Å². The molecule has 3 rings (SSSR count). The van der Waals surface area contributed by atoms with Crippen LogP contribution in [0.15, 0.2) is 16.3 Å². The predicted octanol–water partition coefficient (Wildman–Crippen LogP) is 2.79. The van der Waals surface area contributed by atoms with Crippen LogP contribution in [0.5, 0.6) is 0 Å². The molecule has 2 N–H and O–H groups in total. The minimum Gasteiger partial charge on any atom is -0.401 e. The first-order chi connectivity index (χ1) is 7.36. The van der Waals surface area contributed by atoms with Crippen molar-refractivity contribution in [3.63, 3.8) is 0 Å². The Morgan fingerprint density at radius 2 is 1.80 bits per heavy atom. The molecule has 0 bridgehead atoms. The standard InChI is InChI=1S/C13H20N2/c14-13-9-5-1-3-7-11(9)15-12-8-4-2-6-10(12)13/h9,11H,1-8,14H2/t9-,11+/m1/s1. The van der Waals surface area contributed by atoms with Gasteiger partial charge in [-0.25, -0.2) is 0 Å². The molecule has 2 saturated carbocycles. The van der Waals surface area contributed by atoms with Gasteiger partial charge in [0.15, 0.2) is 0 Å². The lowest BCUT2D eigenvalue weighted by atomic mass is 9.76. The van der Waals surface area contributed by atoms with Gasteiger partial charge in [0.2, 0.25) is 0 Å². The molecule has 0 aromatic carbocycles. The zero-order valence-corrected chi connectivity index (χ0v) is 9.34. The summed E-state index contributed by atoms with van der Waals surface area (Å²) in [5.41, 5.74) is 10.4. The lowest BCUT2D eigenvalue weighted by Gasteiger charge is -2.36. The molecule has 0 aromatic rings. The predicted molar refractivity (Wildman–Crippen MR) is 62.9 cm³/mol. The summed E-state index contributed by atoms with van der Waals surface area (Å²) in [7, 11) is 0. The Kier molecular flexibility index (Phi) is 2.30. The molecule has 3 aliphatic rings. The Morgan fingerprint density at radius 1 is 1.00 bits per heavy atom. The highest BCUT2D eigenvalue weighted by molar-refractivity contribution is 6.02. The van der Waals surface area contributed by atoms with Crippen LogP contribution in [0.2, 0.25) is 0 Å². The Hall–Kier alpha value is -0.790. The van der Waals surface area contributed by atoms with Crippen molar-refractivity contribution in [2.45, 2.75) is 57.4 Å². The molecule has 0 spiro atoms. The van der Waals surface area contributed by atoms with E-state index in [1.54, 1.807) is 0 Å². The highest BCUT2D eigenvalue weighted by Crippen LogP contribution is 2.38. The molecule has 2 atom stereocenters. The first kappa shape index (κ1) is 9.44. The van der Waals surface area contributed by atoms with Crippen molar-refractivity contribution in [3.05, 3.63) is 11.3 Å². The molecule has 2 heteroatoms. The van der Waals surface area contributed by atoms with Gasteiger partial charge in [0.25, 0.3) is 0 Å². The summed E-state index contributed by atoms with van der Waals surface area (Å²) in [5, 5.41) is 0. The van der Waals surface area contributed by atoms with Gasteiger partial charge in [0.1, 0.15) is 0 Å². The number of nitrogens with zero attached hydrogens (tertiary/aromatic N) is 1. The van der Waals surface area contributed by atoms with Gasteiger partial charge in [0, 0.05) is 17.3 Å². The van der Waals surface area contributed by atoms with E-state index in [0.29, 0.717) is 12.0 Å². The largest absolute Gasteiger partial charge is 0.401 e. The molecule has 0 saturated heterocycles. The number of allylic oxidation sites excluding steroid dienone is 1. The van der Waals surface area contributed by atoms with E-state index in [9.17, 15) is 0 Å². The summed E-state index contributed by atoms with van der Waals surface area (Å²) < 4.78 is 0. The van der Waals surface area contributed by atoms with Gasteiger partial charge in [-0.1, -0.05) is 12.8 Å². The summed E-state index contributed by atoms with van der Waals surface area (Å²) in [4.78, 5) is 4.96. The van der Waals surface area contributed by atoms with E-state index in [1.165, 1.54) is 68.3 Å². The van der Waals surface area contributed by atoms with Crippen molar-refractivity contribution >= 4 is 5.71 Å². The van der Waals surface area contributed by atoms with Gasteiger partial charge in [-0.15, -0.1) is 0 Å². The maximum Gasteiger partial charge on any atom is 0.0585 e. The molecular formula is C13H20N2. The summed E-state index contributed by atoms with van der Waals surface area (Å²) >= 11 is 0. The molecule has 15 heavy (non-hydrogen) atoms. The van der Waals surface area contributed by atoms with Gasteiger partial charge < -0.3 is 5.73 Å². The third-order valence-electron chi connectivity index (χ3n) is 4.24. The van der Waals surface area contributed by atoms with E-state index in [0.717, 1.165) is 0 Å². The van der Waals surface area contributed by atoms with Gasteiger partial charge in [-0.2, -0.15) is 0 Å². The Morgan fingerprint density at radius 3 is 2.73 bits per heavy atom.